The van der Waals surface area contributed by atoms with E-state index in [9.17, 15) is 0 Å². The van der Waals surface area contributed by atoms with Gasteiger partial charge in [-0.1, -0.05) is 36.4 Å². The van der Waals surface area contributed by atoms with Gasteiger partial charge in [-0.15, -0.1) is 0 Å². The molecule has 1 heterocycles. The summed E-state index contributed by atoms with van der Waals surface area (Å²) in [5, 5.41) is 1.89. The van der Waals surface area contributed by atoms with E-state index >= 15 is 0 Å². The number of nitrogens with zero attached hydrogens (tertiary/aromatic N) is 2. The van der Waals surface area contributed by atoms with Crippen LogP contribution in [0.4, 0.5) is 11.4 Å². The molecule has 0 bridgehead atoms. The zero-order valence-electron chi connectivity index (χ0n) is 11.7. The van der Waals surface area contributed by atoms with Crippen molar-refractivity contribution in [1.82, 2.24) is 0 Å². The highest BCUT2D eigenvalue weighted by atomic mass is 16.8. The van der Waals surface area contributed by atoms with E-state index < -0.39 is 0 Å². The van der Waals surface area contributed by atoms with Crippen LogP contribution in [-0.4, -0.2) is 20.3 Å². The van der Waals surface area contributed by atoms with Crippen molar-refractivity contribution in [2.75, 3.05) is 24.1 Å². The zero-order chi connectivity index (χ0) is 13.9. The summed E-state index contributed by atoms with van der Waals surface area (Å²) in [5.41, 5.74) is 3.47. The SMILES string of the molecule is CN(C)c1ccc(/C=C/C2ON2c2ccccc2)cc1. The first-order valence-corrected chi connectivity index (χ1v) is 6.71. The molecule has 0 amide bonds. The van der Waals surface area contributed by atoms with E-state index in [0.717, 1.165) is 5.69 Å². The minimum absolute atomic E-state index is 0.0472. The molecule has 20 heavy (non-hydrogen) atoms. The quantitative estimate of drug-likeness (QED) is 0.789. The van der Waals surface area contributed by atoms with Gasteiger partial charge in [0.2, 0.25) is 0 Å². The van der Waals surface area contributed by atoms with Crippen LogP contribution in [0.3, 0.4) is 0 Å². The largest absolute Gasteiger partial charge is 0.378 e. The van der Waals surface area contributed by atoms with Crippen LogP contribution >= 0.6 is 0 Å². The predicted molar refractivity (Wildman–Crippen MR) is 83.6 cm³/mol. The third kappa shape index (κ3) is 2.83. The van der Waals surface area contributed by atoms with E-state index in [1.807, 2.05) is 49.5 Å². The summed E-state index contributed by atoms with van der Waals surface area (Å²) < 4.78 is 0. The van der Waals surface area contributed by atoms with Crippen molar-refractivity contribution < 1.29 is 4.84 Å². The number of anilines is 2. The highest BCUT2D eigenvalue weighted by Gasteiger charge is 2.33. The highest BCUT2D eigenvalue weighted by molar-refractivity contribution is 5.57. The zero-order valence-corrected chi connectivity index (χ0v) is 11.7. The predicted octanol–water partition coefficient (Wildman–Crippen LogP) is 3.54. The molecule has 1 atom stereocenters. The van der Waals surface area contributed by atoms with Crippen LogP contribution in [0.2, 0.25) is 0 Å². The summed E-state index contributed by atoms with van der Waals surface area (Å²) in [7, 11) is 4.08. The molecule has 0 radical (unpaired) electrons. The number of hydrogen-bond acceptors (Lipinski definition) is 3. The molecule has 0 spiro atoms. The lowest BCUT2D eigenvalue weighted by Gasteiger charge is -2.11. The van der Waals surface area contributed by atoms with E-state index in [4.69, 9.17) is 4.84 Å². The van der Waals surface area contributed by atoms with Gasteiger partial charge in [0.15, 0.2) is 6.23 Å². The summed E-state index contributed by atoms with van der Waals surface area (Å²) in [5.74, 6) is 0. The molecule has 1 saturated heterocycles. The van der Waals surface area contributed by atoms with Crippen LogP contribution < -0.4 is 9.96 Å². The fraction of sp³-hybridized carbons (Fsp3) is 0.176. The van der Waals surface area contributed by atoms with Crippen molar-refractivity contribution in [3.8, 4) is 0 Å². The van der Waals surface area contributed by atoms with Crippen LogP contribution in [-0.2, 0) is 4.84 Å². The maximum absolute atomic E-state index is 5.53. The summed E-state index contributed by atoms with van der Waals surface area (Å²) in [4.78, 5) is 7.62. The molecule has 102 valence electrons. The molecular formula is C17H18N2O. The molecule has 1 unspecified atom stereocenters. The highest BCUT2D eigenvalue weighted by Crippen LogP contribution is 2.30. The standard InChI is InChI=1S/C17H18N2O/c1-18(2)15-11-8-14(9-12-15)10-13-17-19(20-17)16-6-4-3-5-7-16/h3-13,17H,1-2H3/b13-10+. The lowest BCUT2D eigenvalue weighted by Crippen LogP contribution is -2.07. The average Bonchev–Trinajstić information content (AvgIpc) is 3.26. The Kier molecular flexibility index (Phi) is 3.44. The normalized spacial score (nSPS) is 17.5. The second-order valence-corrected chi connectivity index (χ2v) is 5.00. The summed E-state index contributed by atoms with van der Waals surface area (Å²) >= 11 is 0. The van der Waals surface area contributed by atoms with Gasteiger partial charge in [0, 0.05) is 19.8 Å². The second-order valence-electron chi connectivity index (χ2n) is 5.00. The Hall–Kier alpha value is -2.26. The fourth-order valence-electron chi connectivity index (χ4n) is 2.06. The van der Waals surface area contributed by atoms with Crippen LogP contribution in [0.5, 0.6) is 0 Å². The molecule has 3 heteroatoms. The minimum atomic E-state index is 0.0472. The monoisotopic (exact) mass is 266 g/mol. The molecule has 3 rings (SSSR count). The molecule has 1 aliphatic rings. The number of benzene rings is 2. The topological polar surface area (TPSA) is 18.8 Å². The van der Waals surface area contributed by atoms with Gasteiger partial charge in [-0.2, -0.15) is 0 Å². The first-order valence-electron chi connectivity index (χ1n) is 6.71. The summed E-state index contributed by atoms with van der Waals surface area (Å²) in [6.07, 6.45) is 4.20. The Morgan fingerprint density at radius 2 is 1.70 bits per heavy atom. The average molecular weight is 266 g/mol. The van der Waals surface area contributed by atoms with E-state index in [1.165, 1.54) is 11.3 Å². The van der Waals surface area contributed by atoms with Crippen molar-refractivity contribution in [2.45, 2.75) is 6.23 Å². The lowest BCUT2D eigenvalue weighted by molar-refractivity contribution is 0.423. The van der Waals surface area contributed by atoms with Gasteiger partial charge < -0.3 is 4.90 Å². The Labute approximate surface area is 119 Å². The molecule has 0 saturated carbocycles. The van der Waals surface area contributed by atoms with Gasteiger partial charge in [0.05, 0.1) is 5.69 Å². The van der Waals surface area contributed by atoms with E-state index in [1.54, 1.807) is 0 Å². The first-order chi connectivity index (χ1) is 9.74. The van der Waals surface area contributed by atoms with Crippen LogP contribution in [0.25, 0.3) is 6.08 Å². The Morgan fingerprint density at radius 1 is 1.00 bits per heavy atom. The number of para-hydroxylation sites is 1. The van der Waals surface area contributed by atoms with Gasteiger partial charge in [0.1, 0.15) is 0 Å². The smallest absolute Gasteiger partial charge is 0.200 e. The summed E-state index contributed by atoms with van der Waals surface area (Å²) in [6, 6.07) is 18.6. The van der Waals surface area contributed by atoms with Crippen molar-refractivity contribution in [1.29, 1.82) is 0 Å². The molecule has 1 fully saturated rings. The van der Waals surface area contributed by atoms with Gasteiger partial charge in [0.25, 0.3) is 0 Å². The van der Waals surface area contributed by atoms with Crippen molar-refractivity contribution in [2.24, 2.45) is 0 Å². The Balaban J connectivity index is 1.62. The van der Waals surface area contributed by atoms with Gasteiger partial charge in [-0.3, -0.25) is 0 Å². The van der Waals surface area contributed by atoms with Crippen LogP contribution in [0, 0.1) is 0 Å². The maximum Gasteiger partial charge on any atom is 0.200 e. The Morgan fingerprint density at radius 3 is 2.35 bits per heavy atom. The number of hydroxylamine groups is 1. The third-order valence-corrected chi connectivity index (χ3v) is 3.28. The van der Waals surface area contributed by atoms with Gasteiger partial charge >= 0.3 is 0 Å². The molecule has 1 aliphatic heterocycles. The van der Waals surface area contributed by atoms with Gasteiger partial charge in [-0.05, 0) is 35.9 Å². The number of rotatable bonds is 4. The van der Waals surface area contributed by atoms with Crippen molar-refractivity contribution in [3.05, 3.63) is 66.2 Å². The molecule has 0 aliphatic carbocycles. The third-order valence-electron chi connectivity index (χ3n) is 3.28. The molecule has 0 aromatic heterocycles. The maximum atomic E-state index is 5.53. The van der Waals surface area contributed by atoms with E-state index in [2.05, 4.69) is 41.3 Å². The molecular weight excluding hydrogens is 248 g/mol. The fourth-order valence-corrected chi connectivity index (χ4v) is 2.06. The first kappa shape index (κ1) is 12.8. The minimum Gasteiger partial charge on any atom is -0.378 e. The second kappa shape index (κ2) is 5.39. The van der Waals surface area contributed by atoms with Crippen LogP contribution in [0.1, 0.15) is 5.56 Å². The molecule has 3 nitrogen and oxygen atoms in total. The molecule has 2 aromatic rings. The van der Waals surface area contributed by atoms with Crippen LogP contribution in [0.15, 0.2) is 60.7 Å². The van der Waals surface area contributed by atoms with Crippen molar-refractivity contribution >= 4 is 17.5 Å². The molecule has 2 aromatic carbocycles. The molecule has 0 N–H and O–H groups in total. The lowest BCUT2D eigenvalue weighted by atomic mass is 10.2. The van der Waals surface area contributed by atoms with Gasteiger partial charge in [-0.25, -0.2) is 9.90 Å². The van der Waals surface area contributed by atoms with Crippen molar-refractivity contribution in [3.63, 3.8) is 0 Å². The van der Waals surface area contributed by atoms with E-state index in [0.29, 0.717) is 0 Å². The number of hydrogen-bond donors (Lipinski definition) is 0. The Bertz CT molecular complexity index is 590. The summed E-state index contributed by atoms with van der Waals surface area (Å²) in [6.45, 7) is 0. The van der Waals surface area contributed by atoms with E-state index in [-0.39, 0.29) is 6.23 Å².